The molecule has 0 amide bonds. The lowest BCUT2D eigenvalue weighted by atomic mass is 9.83. The molecule has 3 rings (SSSR count). The van der Waals surface area contributed by atoms with Crippen molar-refractivity contribution in [3.05, 3.63) is 100 Å². The molecule has 2 N–H and O–H groups in total. The van der Waals surface area contributed by atoms with Gasteiger partial charge in [0.1, 0.15) is 11.5 Å². The fourth-order valence-corrected chi connectivity index (χ4v) is 4.24. The highest BCUT2D eigenvalue weighted by Crippen LogP contribution is 2.34. The molecule has 0 fully saturated rings. The van der Waals surface area contributed by atoms with Crippen LogP contribution >= 0.6 is 0 Å². The van der Waals surface area contributed by atoms with Gasteiger partial charge in [0.05, 0.1) is 0 Å². The maximum atomic E-state index is 10.4. The van der Waals surface area contributed by atoms with Gasteiger partial charge in [0.15, 0.2) is 0 Å². The van der Waals surface area contributed by atoms with Crippen LogP contribution in [0, 0.1) is 0 Å². The standard InChI is InChI=1S/C30H36O2/c1-8-22-10-9-11-23(16-20-12-14-27(31)25(18-20)29(2,3)4)24(22)17-21-13-15-28(32)26(19-21)30(5,6)7/h8-15,18-19,31-32H,1,16-17H2,2-7H3. The second-order valence-electron chi connectivity index (χ2n) is 10.7. The van der Waals surface area contributed by atoms with Crippen LogP contribution in [0.15, 0.2) is 61.2 Å². The van der Waals surface area contributed by atoms with Gasteiger partial charge in [0.2, 0.25) is 0 Å². The van der Waals surface area contributed by atoms with Crippen LogP contribution in [0.3, 0.4) is 0 Å². The minimum Gasteiger partial charge on any atom is -0.508 e. The molecular formula is C30H36O2. The van der Waals surface area contributed by atoms with E-state index in [-0.39, 0.29) is 10.8 Å². The van der Waals surface area contributed by atoms with Crippen LogP contribution in [0.5, 0.6) is 11.5 Å². The highest BCUT2D eigenvalue weighted by molar-refractivity contribution is 5.57. The fraction of sp³-hybridized carbons (Fsp3) is 0.333. The molecule has 0 aromatic heterocycles. The van der Waals surface area contributed by atoms with E-state index in [9.17, 15) is 10.2 Å². The Bertz CT molecular complexity index is 1120. The Labute approximate surface area is 193 Å². The molecule has 3 aromatic rings. The number of benzene rings is 3. The number of phenols is 2. The first-order valence-corrected chi connectivity index (χ1v) is 11.3. The molecule has 2 nitrogen and oxygen atoms in total. The summed E-state index contributed by atoms with van der Waals surface area (Å²) < 4.78 is 0. The zero-order chi connectivity index (χ0) is 23.7. The second-order valence-corrected chi connectivity index (χ2v) is 10.7. The first kappa shape index (κ1) is 23.7. The van der Waals surface area contributed by atoms with E-state index in [4.69, 9.17) is 0 Å². The summed E-state index contributed by atoms with van der Waals surface area (Å²) in [5.41, 5.74) is 7.64. The molecule has 32 heavy (non-hydrogen) atoms. The normalized spacial score (nSPS) is 12.1. The van der Waals surface area contributed by atoms with Gasteiger partial charge in [-0.1, -0.05) is 96.7 Å². The average Bonchev–Trinajstić information content (AvgIpc) is 2.70. The summed E-state index contributed by atoms with van der Waals surface area (Å²) in [5, 5.41) is 20.7. The molecule has 0 unspecified atom stereocenters. The third kappa shape index (κ3) is 5.24. The predicted octanol–water partition coefficient (Wildman–Crippen LogP) is 7.52. The van der Waals surface area contributed by atoms with Gasteiger partial charge in [0, 0.05) is 0 Å². The van der Waals surface area contributed by atoms with E-state index >= 15 is 0 Å². The number of aromatic hydroxyl groups is 2. The maximum absolute atomic E-state index is 10.4. The van der Waals surface area contributed by atoms with Crippen LogP contribution in [0.25, 0.3) is 6.08 Å². The van der Waals surface area contributed by atoms with Crippen molar-refractivity contribution >= 4 is 6.08 Å². The summed E-state index contributed by atoms with van der Waals surface area (Å²) in [6.45, 7) is 16.7. The monoisotopic (exact) mass is 428 g/mol. The maximum Gasteiger partial charge on any atom is 0.119 e. The van der Waals surface area contributed by atoms with Crippen LogP contribution in [0.2, 0.25) is 0 Å². The van der Waals surface area contributed by atoms with Gasteiger partial charge in [-0.05, 0) is 74.7 Å². The summed E-state index contributed by atoms with van der Waals surface area (Å²) in [5.74, 6) is 0.692. The molecule has 0 atom stereocenters. The van der Waals surface area contributed by atoms with Crippen molar-refractivity contribution in [2.24, 2.45) is 0 Å². The number of hydrogen-bond acceptors (Lipinski definition) is 2. The summed E-state index contributed by atoms with van der Waals surface area (Å²) >= 11 is 0. The molecule has 0 saturated heterocycles. The van der Waals surface area contributed by atoms with Crippen LogP contribution in [0.4, 0.5) is 0 Å². The Kier molecular flexibility index (Phi) is 6.55. The van der Waals surface area contributed by atoms with E-state index in [0.717, 1.165) is 29.5 Å². The first-order chi connectivity index (χ1) is 14.9. The molecule has 0 aliphatic carbocycles. The van der Waals surface area contributed by atoms with Crippen LogP contribution < -0.4 is 0 Å². The van der Waals surface area contributed by atoms with Crippen molar-refractivity contribution in [2.45, 2.75) is 65.2 Å². The van der Waals surface area contributed by atoms with E-state index in [0.29, 0.717) is 11.5 Å². The molecule has 0 spiro atoms. The lowest BCUT2D eigenvalue weighted by Crippen LogP contribution is -2.12. The molecule has 0 saturated carbocycles. The van der Waals surface area contributed by atoms with Crippen molar-refractivity contribution in [1.29, 1.82) is 0 Å². The van der Waals surface area contributed by atoms with Crippen molar-refractivity contribution in [3.63, 3.8) is 0 Å². The third-order valence-electron chi connectivity index (χ3n) is 6.04. The molecule has 0 aliphatic heterocycles. The Balaban J connectivity index is 2.02. The summed E-state index contributed by atoms with van der Waals surface area (Å²) in [6, 6.07) is 18.2. The van der Waals surface area contributed by atoms with E-state index in [1.165, 1.54) is 22.3 Å². The van der Waals surface area contributed by atoms with Gasteiger partial charge in [-0.25, -0.2) is 0 Å². The van der Waals surface area contributed by atoms with Gasteiger partial charge >= 0.3 is 0 Å². The zero-order valence-electron chi connectivity index (χ0n) is 20.3. The number of hydrogen-bond donors (Lipinski definition) is 2. The smallest absolute Gasteiger partial charge is 0.119 e. The lowest BCUT2D eigenvalue weighted by Gasteiger charge is -2.22. The quantitative estimate of drug-likeness (QED) is 0.441. The Morgan fingerprint density at radius 2 is 1.22 bits per heavy atom. The minimum absolute atomic E-state index is 0.124. The van der Waals surface area contributed by atoms with E-state index in [2.05, 4.69) is 78.5 Å². The highest BCUT2D eigenvalue weighted by atomic mass is 16.3. The Morgan fingerprint density at radius 3 is 1.69 bits per heavy atom. The SMILES string of the molecule is C=Cc1cccc(Cc2ccc(O)c(C(C)(C)C)c2)c1Cc1ccc(O)c(C(C)(C)C)c1. The van der Waals surface area contributed by atoms with Crippen molar-refractivity contribution in [2.75, 3.05) is 0 Å². The topological polar surface area (TPSA) is 40.5 Å². The predicted molar refractivity (Wildman–Crippen MR) is 136 cm³/mol. The molecule has 168 valence electrons. The molecule has 3 aromatic carbocycles. The summed E-state index contributed by atoms with van der Waals surface area (Å²) in [4.78, 5) is 0. The first-order valence-electron chi connectivity index (χ1n) is 11.3. The van der Waals surface area contributed by atoms with Crippen LogP contribution in [-0.4, -0.2) is 10.2 Å². The van der Waals surface area contributed by atoms with E-state index in [1.807, 2.05) is 30.3 Å². The third-order valence-corrected chi connectivity index (χ3v) is 6.04. The average molecular weight is 429 g/mol. The molecule has 0 bridgehead atoms. The van der Waals surface area contributed by atoms with Gasteiger partial charge in [0.25, 0.3) is 0 Å². The highest BCUT2D eigenvalue weighted by Gasteiger charge is 2.20. The van der Waals surface area contributed by atoms with Gasteiger partial charge in [-0.3, -0.25) is 0 Å². The molecule has 0 radical (unpaired) electrons. The second kappa shape index (κ2) is 8.86. The Hall–Kier alpha value is -3.00. The van der Waals surface area contributed by atoms with Gasteiger partial charge in [-0.15, -0.1) is 0 Å². The summed E-state index contributed by atoms with van der Waals surface area (Å²) in [6.07, 6.45) is 3.47. The van der Waals surface area contributed by atoms with Crippen molar-refractivity contribution < 1.29 is 10.2 Å². The zero-order valence-corrected chi connectivity index (χ0v) is 20.3. The largest absolute Gasteiger partial charge is 0.508 e. The van der Waals surface area contributed by atoms with E-state index < -0.39 is 0 Å². The number of phenolic OH excluding ortho intramolecular Hbond substituents is 2. The van der Waals surface area contributed by atoms with Crippen molar-refractivity contribution in [1.82, 2.24) is 0 Å². The fourth-order valence-electron chi connectivity index (χ4n) is 4.24. The molecule has 2 heteroatoms. The van der Waals surface area contributed by atoms with Crippen LogP contribution in [0.1, 0.15) is 80.5 Å². The lowest BCUT2D eigenvalue weighted by molar-refractivity contribution is 0.445. The van der Waals surface area contributed by atoms with Gasteiger partial charge in [-0.2, -0.15) is 0 Å². The molecule has 0 heterocycles. The molecular weight excluding hydrogens is 392 g/mol. The number of rotatable bonds is 5. The Morgan fingerprint density at radius 1 is 0.719 bits per heavy atom. The van der Waals surface area contributed by atoms with E-state index in [1.54, 1.807) is 0 Å². The molecule has 0 aliphatic rings. The van der Waals surface area contributed by atoms with Crippen LogP contribution in [-0.2, 0) is 23.7 Å². The minimum atomic E-state index is -0.129. The van der Waals surface area contributed by atoms with Gasteiger partial charge < -0.3 is 10.2 Å². The summed E-state index contributed by atoms with van der Waals surface area (Å²) in [7, 11) is 0. The van der Waals surface area contributed by atoms with Crippen molar-refractivity contribution in [3.8, 4) is 11.5 Å².